The molecule has 2 aliphatic heterocycles. The smallest absolute Gasteiger partial charge is 0.410 e. The summed E-state index contributed by atoms with van der Waals surface area (Å²) in [5, 5.41) is 3.03. The van der Waals surface area contributed by atoms with Gasteiger partial charge >= 0.3 is 6.09 Å². The number of aryl methyl sites for hydroxylation is 1. The molecule has 1 saturated heterocycles. The maximum absolute atomic E-state index is 15.1. The van der Waals surface area contributed by atoms with Gasteiger partial charge in [0.05, 0.1) is 11.7 Å². The molecule has 12 heteroatoms. The number of rotatable bonds is 5. The molecule has 6 rings (SSSR count). The maximum Gasteiger partial charge on any atom is 0.410 e. The average Bonchev–Trinajstić information content (AvgIpc) is 3.47. The van der Waals surface area contributed by atoms with Crippen molar-refractivity contribution in [2.45, 2.75) is 65.1 Å². The zero-order chi connectivity index (χ0) is 30.5. The van der Waals surface area contributed by atoms with Gasteiger partial charge in [-0.25, -0.2) is 33.5 Å². The monoisotopic (exact) mass is 590 g/mol. The molecule has 0 radical (unpaired) electrons. The third kappa shape index (κ3) is 6.01. The Labute approximate surface area is 249 Å². The quantitative estimate of drug-likeness (QED) is 0.319. The highest BCUT2D eigenvalue weighted by atomic mass is 19.1. The fraction of sp³-hybridized carbons (Fsp3) is 0.452. The van der Waals surface area contributed by atoms with Crippen LogP contribution in [-0.4, -0.2) is 72.2 Å². The predicted octanol–water partition coefficient (Wildman–Crippen LogP) is 5.64. The lowest BCUT2D eigenvalue weighted by Crippen LogP contribution is -2.49. The Morgan fingerprint density at radius 3 is 2.49 bits per heavy atom. The Kier molecular flexibility index (Phi) is 7.27. The Morgan fingerprint density at radius 2 is 1.79 bits per heavy atom. The van der Waals surface area contributed by atoms with Gasteiger partial charge in [-0.1, -0.05) is 6.07 Å². The van der Waals surface area contributed by atoms with Crippen LogP contribution < -0.4 is 5.32 Å². The molecule has 43 heavy (non-hydrogen) atoms. The van der Waals surface area contributed by atoms with E-state index >= 15 is 4.39 Å². The van der Waals surface area contributed by atoms with Crippen LogP contribution in [0.25, 0.3) is 22.3 Å². The van der Waals surface area contributed by atoms with Crippen molar-refractivity contribution in [2.75, 3.05) is 31.5 Å². The molecule has 1 aromatic carbocycles. The Bertz CT molecular complexity index is 1670. The van der Waals surface area contributed by atoms with Crippen molar-refractivity contribution in [1.29, 1.82) is 0 Å². The van der Waals surface area contributed by atoms with Crippen LogP contribution in [-0.2, 0) is 23.2 Å². The highest BCUT2D eigenvalue weighted by Gasteiger charge is 2.33. The number of benzene rings is 1. The molecule has 1 fully saturated rings. The lowest BCUT2D eigenvalue weighted by molar-refractivity contribution is 0.0139. The Hall–Kier alpha value is -4.19. The summed E-state index contributed by atoms with van der Waals surface area (Å²) in [6, 6.07) is 6.78. The molecule has 1 amide bonds. The number of halogens is 2. The van der Waals surface area contributed by atoms with Gasteiger partial charge in [0, 0.05) is 56.4 Å². The predicted molar refractivity (Wildman–Crippen MR) is 159 cm³/mol. The van der Waals surface area contributed by atoms with E-state index in [4.69, 9.17) is 4.74 Å². The second-order valence-electron chi connectivity index (χ2n) is 12.8. The molecular weight excluding hydrogens is 554 g/mol. The molecule has 226 valence electrons. The van der Waals surface area contributed by atoms with Gasteiger partial charge < -0.3 is 19.5 Å². The molecule has 0 unspecified atom stereocenters. The summed E-state index contributed by atoms with van der Waals surface area (Å²) in [5.74, 6) is 0.308. The van der Waals surface area contributed by atoms with Gasteiger partial charge in [0.1, 0.15) is 28.5 Å². The summed E-state index contributed by atoms with van der Waals surface area (Å²) in [5.41, 5.74) is 1.51. The fourth-order valence-corrected chi connectivity index (χ4v) is 5.70. The first-order chi connectivity index (χ1) is 20.4. The van der Waals surface area contributed by atoms with Gasteiger partial charge in [-0.3, -0.25) is 4.90 Å². The molecule has 2 aliphatic rings. The first-order valence-electron chi connectivity index (χ1n) is 14.5. The topological polar surface area (TPSA) is 101 Å². The minimum atomic E-state index is -0.653. The molecule has 0 spiro atoms. The van der Waals surface area contributed by atoms with Crippen LogP contribution in [0.4, 0.5) is 25.3 Å². The van der Waals surface area contributed by atoms with Crippen LogP contribution >= 0.6 is 0 Å². The van der Waals surface area contributed by atoms with Crippen LogP contribution in [0.2, 0.25) is 0 Å². The number of carbonyl (C=O) groups excluding carboxylic acids is 1. The highest BCUT2D eigenvalue weighted by Crippen LogP contribution is 2.38. The van der Waals surface area contributed by atoms with Gasteiger partial charge in [-0.05, 0) is 64.8 Å². The second kappa shape index (κ2) is 10.8. The Balaban J connectivity index is 1.13. The lowest BCUT2D eigenvalue weighted by Gasteiger charge is -2.35. The summed E-state index contributed by atoms with van der Waals surface area (Å²) in [4.78, 5) is 33.8. The minimum absolute atomic E-state index is 0.00760. The van der Waals surface area contributed by atoms with Crippen molar-refractivity contribution >= 4 is 28.9 Å². The summed E-state index contributed by atoms with van der Waals surface area (Å²) >= 11 is 0. The number of aromatic nitrogens is 5. The van der Waals surface area contributed by atoms with Gasteiger partial charge in [-0.15, -0.1) is 0 Å². The summed E-state index contributed by atoms with van der Waals surface area (Å²) in [6.45, 7) is 13.1. The number of hydrogen-bond acceptors (Lipinski definition) is 8. The van der Waals surface area contributed by atoms with Crippen molar-refractivity contribution < 1.29 is 18.3 Å². The Morgan fingerprint density at radius 1 is 1.02 bits per heavy atom. The van der Waals surface area contributed by atoms with Gasteiger partial charge in [0.25, 0.3) is 0 Å². The molecule has 4 aromatic rings. The van der Waals surface area contributed by atoms with E-state index in [-0.39, 0.29) is 28.8 Å². The third-order valence-corrected chi connectivity index (χ3v) is 7.86. The standard InChI is InChI=1S/C31H36F2N8O2/c1-30(2,3)43-29(42)40-12-10-39(11-13-40)18-19-6-7-24(34-16-19)36-28-35-17-22(33)26(38-28)20-14-21(32)27-23(15-20)41-25(37-27)8-9-31(41,4)5/h6-7,14-17H,8-13,18H2,1-5H3,(H,34,35,36,38). The molecule has 3 aromatic heterocycles. The second-order valence-corrected chi connectivity index (χ2v) is 12.8. The molecule has 10 nitrogen and oxygen atoms in total. The van der Waals surface area contributed by atoms with Crippen molar-refractivity contribution in [2.24, 2.45) is 0 Å². The van der Waals surface area contributed by atoms with E-state index in [2.05, 4.69) is 44.0 Å². The van der Waals surface area contributed by atoms with Gasteiger partial charge in [-0.2, -0.15) is 0 Å². The molecule has 0 atom stereocenters. The van der Waals surface area contributed by atoms with Crippen molar-refractivity contribution in [3.05, 3.63) is 59.7 Å². The van der Waals surface area contributed by atoms with Crippen molar-refractivity contribution in [3.63, 3.8) is 0 Å². The first-order valence-corrected chi connectivity index (χ1v) is 14.5. The van der Waals surface area contributed by atoms with E-state index in [1.807, 2.05) is 37.5 Å². The molecule has 1 N–H and O–H groups in total. The van der Waals surface area contributed by atoms with Crippen molar-refractivity contribution in [1.82, 2.24) is 34.3 Å². The number of imidazole rings is 1. The number of fused-ring (bicyclic) bond motifs is 3. The zero-order valence-electron chi connectivity index (χ0n) is 25.1. The number of anilines is 2. The van der Waals surface area contributed by atoms with E-state index in [9.17, 15) is 9.18 Å². The summed E-state index contributed by atoms with van der Waals surface area (Å²) < 4.78 is 37.6. The molecule has 5 heterocycles. The third-order valence-electron chi connectivity index (χ3n) is 7.86. The number of hydrogen-bond donors (Lipinski definition) is 1. The van der Waals surface area contributed by atoms with E-state index in [0.717, 1.165) is 43.5 Å². The van der Waals surface area contributed by atoms with Crippen LogP contribution in [0.3, 0.4) is 0 Å². The van der Waals surface area contributed by atoms with E-state index < -0.39 is 17.2 Å². The van der Waals surface area contributed by atoms with Gasteiger partial charge in [0.15, 0.2) is 11.6 Å². The van der Waals surface area contributed by atoms with E-state index in [0.29, 0.717) is 36.5 Å². The number of nitrogens with zero attached hydrogens (tertiary/aromatic N) is 7. The van der Waals surface area contributed by atoms with Crippen molar-refractivity contribution in [3.8, 4) is 11.3 Å². The van der Waals surface area contributed by atoms with Crippen LogP contribution in [0.15, 0.2) is 36.7 Å². The largest absolute Gasteiger partial charge is 0.444 e. The first kappa shape index (κ1) is 28.9. The van der Waals surface area contributed by atoms with Crippen LogP contribution in [0.5, 0.6) is 0 Å². The van der Waals surface area contributed by atoms with E-state index in [1.165, 1.54) is 6.07 Å². The average molecular weight is 591 g/mol. The normalized spacial score (nSPS) is 16.9. The molecule has 0 bridgehead atoms. The number of pyridine rings is 1. The maximum atomic E-state index is 15.1. The highest BCUT2D eigenvalue weighted by molar-refractivity contribution is 5.83. The number of carbonyl (C=O) groups is 1. The summed E-state index contributed by atoms with van der Waals surface area (Å²) in [6.07, 6.45) is 4.23. The number of ether oxygens (including phenoxy) is 1. The fourth-order valence-electron chi connectivity index (χ4n) is 5.70. The number of amides is 1. The van der Waals surface area contributed by atoms with Crippen LogP contribution in [0, 0.1) is 11.6 Å². The van der Waals surface area contributed by atoms with E-state index in [1.54, 1.807) is 17.2 Å². The number of nitrogens with one attached hydrogen (secondary N) is 1. The minimum Gasteiger partial charge on any atom is -0.444 e. The van der Waals surface area contributed by atoms with Gasteiger partial charge in [0.2, 0.25) is 5.95 Å². The molecule has 0 saturated carbocycles. The lowest BCUT2D eigenvalue weighted by atomic mass is 10.0. The molecular formula is C31H36F2N8O2. The number of piperazine rings is 1. The molecule has 0 aliphatic carbocycles. The SMILES string of the molecule is CC(C)(C)OC(=O)N1CCN(Cc2ccc(Nc3ncc(F)c(-c4cc(F)c5nc6n(c5c4)C(C)(C)CC6)n3)nc2)CC1. The van der Waals surface area contributed by atoms with Crippen LogP contribution in [0.1, 0.15) is 52.4 Å². The summed E-state index contributed by atoms with van der Waals surface area (Å²) in [7, 11) is 0. The zero-order valence-corrected chi connectivity index (χ0v) is 25.1.